The molecule has 1 aromatic carbocycles. The zero-order valence-corrected chi connectivity index (χ0v) is 15.1. The molecular formula is C17H16ClN5OS. The van der Waals surface area contributed by atoms with Gasteiger partial charge >= 0.3 is 0 Å². The molecule has 0 spiro atoms. The van der Waals surface area contributed by atoms with Gasteiger partial charge in [-0.25, -0.2) is 0 Å². The van der Waals surface area contributed by atoms with E-state index in [0.29, 0.717) is 22.2 Å². The molecule has 0 aliphatic rings. The van der Waals surface area contributed by atoms with E-state index in [1.165, 1.54) is 0 Å². The van der Waals surface area contributed by atoms with Gasteiger partial charge in [0.25, 0.3) is 0 Å². The van der Waals surface area contributed by atoms with E-state index in [0.717, 1.165) is 17.0 Å². The van der Waals surface area contributed by atoms with Crippen LogP contribution in [0.2, 0.25) is 5.02 Å². The van der Waals surface area contributed by atoms with Gasteiger partial charge in [0.15, 0.2) is 10.6 Å². The highest BCUT2D eigenvalue weighted by Gasteiger charge is 2.12. The number of H-pyrrole nitrogens is 1. The van der Waals surface area contributed by atoms with Gasteiger partial charge in [-0.05, 0) is 55.5 Å². The number of hydrogen-bond donors (Lipinski definition) is 2. The molecule has 3 rings (SSSR count). The minimum absolute atomic E-state index is 0.0686. The van der Waals surface area contributed by atoms with Gasteiger partial charge in [0.05, 0.1) is 12.2 Å². The summed E-state index contributed by atoms with van der Waals surface area (Å²) >= 11 is 11.2. The van der Waals surface area contributed by atoms with E-state index >= 15 is 0 Å². The lowest BCUT2D eigenvalue weighted by molar-refractivity contribution is -0.121. The van der Waals surface area contributed by atoms with Crippen LogP contribution in [-0.4, -0.2) is 25.7 Å². The Morgan fingerprint density at radius 1 is 1.28 bits per heavy atom. The highest BCUT2D eigenvalue weighted by molar-refractivity contribution is 7.71. The maximum absolute atomic E-state index is 12.3. The van der Waals surface area contributed by atoms with Crippen LogP contribution in [0.15, 0.2) is 42.5 Å². The predicted molar refractivity (Wildman–Crippen MR) is 98.7 cm³/mol. The number of pyridine rings is 1. The first-order valence-corrected chi connectivity index (χ1v) is 8.42. The summed E-state index contributed by atoms with van der Waals surface area (Å²) in [5.41, 5.74) is 2.54. The van der Waals surface area contributed by atoms with Crippen molar-refractivity contribution in [3.05, 3.63) is 63.6 Å². The topological polar surface area (TPSA) is 75.6 Å². The van der Waals surface area contributed by atoms with Crippen LogP contribution in [0, 0.1) is 11.7 Å². The van der Waals surface area contributed by atoms with Crippen molar-refractivity contribution in [2.45, 2.75) is 20.0 Å². The third-order valence-electron chi connectivity index (χ3n) is 3.58. The van der Waals surface area contributed by atoms with Gasteiger partial charge < -0.3 is 5.32 Å². The summed E-state index contributed by atoms with van der Waals surface area (Å²) < 4.78 is 2.03. The van der Waals surface area contributed by atoms with Crippen molar-refractivity contribution in [3.8, 4) is 11.4 Å². The first kappa shape index (κ1) is 17.3. The first-order chi connectivity index (χ1) is 12.0. The zero-order chi connectivity index (χ0) is 17.8. The standard InChI is InChI=1S/C17H16ClN5OS/c1-11-3-2-4-14(20-11)9-19-15(24)10-23-16(21-22-17(23)25)12-5-7-13(18)8-6-12/h2-8H,9-10H2,1H3,(H,19,24)(H,22,25). The van der Waals surface area contributed by atoms with Gasteiger partial charge in [-0.2, -0.15) is 5.10 Å². The number of rotatable bonds is 5. The molecule has 0 aliphatic carbocycles. The fourth-order valence-electron chi connectivity index (χ4n) is 2.37. The second-order valence-electron chi connectivity index (χ2n) is 5.49. The molecule has 0 aliphatic heterocycles. The summed E-state index contributed by atoms with van der Waals surface area (Å²) in [6.07, 6.45) is 0. The lowest BCUT2D eigenvalue weighted by Gasteiger charge is -2.08. The number of halogens is 1. The number of amides is 1. The van der Waals surface area contributed by atoms with Gasteiger partial charge in [0, 0.05) is 16.3 Å². The summed E-state index contributed by atoms with van der Waals surface area (Å²) in [4.78, 5) is 16.6. The number of aromatic nitrogens is 4. The number of carbonyl (C=O) groups is 1. The number of nitrogens with one attached hydrogen (secondary N) is 2. The molecule has 128 valence electrons. The monoisotopic (exact) mass is 373 g/mol. The smallest absolute Gasteiger partial charge is 0.240 e. The SMILES string of the molecule is Cc1cccc(CNC(=O)Cn2c(-c3ccc(Cl)cc3)n[nH]c2=S)n1. The molecule has 6 nitrogen and oxygen atoms in total. The van der Waals surface area contributed by atoms with Gasteiger partial charge in [-0.1, -0.05) is 17.7 Å². The van der Waals surface area contributed by atoms with E-state index in [4.69, 9.17) is 23.8 Å². The van der Waals surface area contributed by atoms with Crippen molar-refractivity contribution < 1.29 is 4.79 Å². The highest BCUT2D eigenvalue weighted by atomic mass is 35.5. The van der Waals surface area contributed by atoms with E-state index in [1.807, 2.05) is 37.3 Å². The van der Waals surface area contributed by atoms with Gasteiger partial charge in [0.1, 0.15) is 6.54 Å². The minimum atomic E-state index is -0.170. The number of benzene rings is 1. The van der Waals surface area contributed by atoms with Crippen LogP contribution in [0.3, 0.4) is 0 Å². The molecule has 0 unspecified atom stereocenters. The molecule has 0 radical (unpaired) electrons. The van der Waals surface area contributed by atoms with Crippen molar-refractivity contribution in [1.29, 1.82) is 0 Å². The van der Waals surface area contributed by atoms with Gasteiger partial charge in [0.2, 0.25) is 5.91 Å². The molecule has 3 aromatic rings. The maximum atomic E-state index is 12.3. The first-order valence-electron chi connectivity index (χ1n) is 7.63. The second-order valence-corrected chi connectivity index (χ2v) is 6.32. The van der Waals surface area contributed by atoms with Crippen molar-refractivity contribution in [2.24, 2.45) is 0 Å². The lowest BCUT2D eigenvalue weighted by atomic mass is 10.2. The molecular weight excluding hydrogens is 358 g/mol. The summed E-state index contributed by atoms with van der Waals surface area (Å²) in [5.74, 6) is 0.418. The van der Waals surface area contributed by atoms with Gasteiger partial charge in [-0.3, -0.25) is 19.4 Å². The summed E-state index contributed by atoms with van der Waals surface area (Å²) in [6, 6.07) is 12.9. The largest absolute Gasteiger partial charge is 0.349 e. The van der Waals surface area contributed by atoms with Crippen LogP contribution in [0.5, 0.6) is 0 Å². The zero-order valence-electron chi connectivity index (χ0n) is 13.5. The molecule has 2 N–H and O–H groups in total. The Morgan fingerprint density at radius 2 is 2.04 bits per heavy atom. The van der Waals surface area contributed by atoms with Crippen molar-refractivity contribution in [2.75, 3.05) is 0 Å². The molecule has 0 atom stereocenters. The number of hydrogen-bond acceptors (Lipinski definition) is 4. The fourth-order valence-corrected chi connectivity index (χ4v) is 2.69. The fraction of sp³-hybridized carbons (Fsp3) is 0.176. The Labute approximate surface area is 154 Å². The van der Waals surface area contributed by atoms with Crippen molar-refractivity contribution in [1.82, 2.24) is 25.1 Å². The van der Waals surface area contributed by atoms with Crippen LogP contribution < -0.4 is 5.32 Å². The number of aryl methyl sites for hydroxylation is 1. The van der Waals surface area contributed by atoms with E-state index in [-0.39, 0.29) is 12.5 Å². The number of carbonyl (C=O) groups excluding carboxylic acids is 1. The Kier molecular flexibility index (Phi) is 5.25. The summed E-state index contributed by atoms with van der Waals surface area (Å²) in [7, 11) is 0. The normalized spacial score (nSPS) is 10.6. The summed E-state index contributed by atoms with van der Waals surface area (Å²) in [6.45, 7) is 2.34. The lowest BCUT2D eigenvalue weighted by Crippen LogP contribution is -2.27. The van der Waals surface area contributed by atoms with E-state index in [2.05, 4.69) is 20.5 Å². The molecule has 0 saturated heterocycles. The molecule has 1 amide bonds. The quantitative estimate of drug-likeness (QED) is 0.673. The van der Waals surface area contributed by atoms with Crippen LogP contribution in [0.1, 0.15) is 11.4 Å². The molecule has 2 aromatic heterocycles. The Morgan fingerprint density at radius 3 is 2.76 bits per heavy atom. The van der Waals surface area contributed by atoms with E-state index < -0.39 is 0 Å². The molecule has 25 heavy (non-hydrogen) atoms. The molecule has 2 heterocycles. The van der Waals surface area contributed by atoms with Crippen molar-refractivity contribution >= 4 is 29.7 Å². The van der Waals surface area contributed by atoms with Crippen LogP contribution >= 0.6 is 23.8 Å². The van der Waals surface area contributed by atoms with Crippen molar-refractivity contribution in [3.63, 3.8) is 0 Å². The van der Waals surface area contributed by atoms with Crippen LogP contribution in [0.25, 0.3) is 11.4 Å². The average Bonchev–Trinajstić information content (AvgIpc) is 2.95. The van der Waals surface area contributed by atoms with E-state index in [1.54, 1.807) is 16.7 Å². The second kappa shape index (κ2) is 7.58. The Balaban J connectivity index is 1.72. The summed E-state index contributed by atoms with van der Waals surface area (Å²) in [5, 5.41) is 10.4. The number of aromatic amines is 1. The minimum Gasteiger partial charge on any atom is -0.349 e. The molecule has 0 bridgehead atoms. The van der Waals surface area contributed by atoms with Crippen LogP contribution in [-0.2, 0) is 17.9 Å². The third kappa shape index (κ3) is 4.32. The van der Waals surface area contributed by atoms with Crippen LogP contribution in [0.4, 0.5) is 0 Å². The highest BCUT2D eigenvalue weighted by Crippen LogP contribution is 2.19. The van der Waals surface area contributed by atoms with Gasteiger partial charge in [-0.15, -0.1) is 0 Å². The number of nitrogens with zero attached hydrogens (tertiary/aromatic N) is 3. The molecule has 0 saturated carbocycles. The Hall–Kier alpha value is -2.51. The average molecular weight is 374 g/mol. The maximum Gasteiger partial charge on any atom is 0.240 e. The molecule has 8 heteroatoms. The molecule has 0 fully saturated rings. The Bertz CT molecular complexity index is 948. The van der Waals surface area contributed by atoms with E-state index in [9.17, 15) is 4.79 Å². The third-order valence-corrected chi connectivity index (χ3v) is 4.14. The predicted octanol–water partition coefficient (Wildman–Crippen LogP) is 3.28.